The highest BCUT2D eigenvalue weighted by Gasteiger charge is 2.27. The molecule has 27 heavy (non-hydrogen) atoms. The van der Waals surface area contributed by atoms with Crippen molar-refractivity contribution >= 4 is 5.69 Å². The van der Waals surface area contributed by atoms with Gasteiger partial charge in [0.15, 0.2) is 0 Å². The van der Waals surface area contributed by atoms with E-state index in [1.807, 2.05) is 20.0 Å². The standard InChI is InChI=1S/C21H28N6/c1-15-10-20(19(11-22)16(2)24-15)27-9-5-6-17(14-27)21-18(12-23-25-21)13-26-7-3-4-8-26/h10,12,17H,3-9,13-14H2,1-2H3,(H,23,25). The van der Waals surface area contributed by atoms with Gasteiger partial charge < -0.3 is 4.90 Å². The molecule has 4 rings (SSSR count). The van der Waals surface area contributed by atoms with E-state index in [1.54, 1.807) is 0 Å². The van der Waals surface area contributed by atoms with Crippen LogP contribution < -0.4 is 4.90 Å². The van der Waals surface area contributed by atoms with Crippen LogP contribution in [0.1, 0.15) is 59.8 Å². The molecule has 0 radical (unpaired) electrons. The van der Waals surface area contributed by atoms with Gasteiger partial charge in [-0.3, -0.25) is 15.0 Å². The predicted octanol–water partition coefficient (Wildman–Crippen LogP) is 3.27. The number of rotatable bonds is 4. The van der Waals surface area contributed by atoms with E-state index in [2.05, 4.69) is 37.1 Å². The molecule has 0 amide bonds. The second kappa shape index (κ2) is 7.69. The van der Waals surface area contributed by atoms with E-state index in [1.165, 1.54) is 37.2 Å². The van der Waals surface area contributed by atoms with Gasteiger partial charge in [-0.15, -0.1) is 0 Å². The molecule has 1 atom stereocenters. The minimum atomic E-state index is 0.430. The molecular weight excluding hydrogens is 336 g/mol. The molecule has 2 aliphatic rings. The maximum absolute atomic E-state index is 9.64. The number of likely N-dealkylation sites (tertiary alicyclic amines) is 1. The van der Waals surface area contributed by atoms with Crippen LogP contribution in [-0.2, 0) is 6.54 Å². The zero-order valence-corrected chi connectivity index (χ0v) is 16.3. The Labute approximate surface area is 161 Å². The predicted molar refractivity (Wildman–Crippen MR) is 106 cm³/mol. The maximum Gasteiger partial charge on any atom is 0.103 e. The Kier molecular flexibility index (Phi) is 5.13. The maximum atomic E-state index is 9.64. The van der Waals surface area contributed by atoms with Crippen LogP contribution in [0, 0.1) is 25.2 Å². The number of hydrogen-bond donors (Lipinski definition) is 1. The Morgan fingerprint density at radius 3 is 2.81 bits per heavy atom. The van der Waals surface area contributed by atoms with Gasteiger partial charge in [-0.05, 0) is 58.7 Å². The molecule has 0 bridgehead atoms. The monoisotopic (exact) mass is 364 g/mol. The van der Waals surface area contributed by atoms with Crippen LogP contribution in [0.3, 0.4) is 0 Å². The normalized spacial score (nSPS) is 20.8. The van der Waals surface area contributed by atoms with Gasteiger partial charge in [0.25, 0.3) is 0 Å². The van der Waals surface area contributed by atoms with E-state index in [9.17, 15) is 5.26 Å². The molecule has 2 aromatic rings. The molecule has 0 aliphatic carbocycles. The number of hydrogen-bond acceptors (Lipinski definition) is 5. The number of pyridine rings is 1. The summed E-state index contributed by atoms with van der Waals surface area (Å²) in [6.45, 7) is 9.24. The molecule has 6 nitrogen and oxygen atoms in total. The van der Waals surface area contributed by atoms with Crippen LogP contribution in [0.2, 0.25) is 0 Å². The van der Waals surface area contributed by atoms with Gasteiger partial charge in [-0.1, -0.05) is 0 Å². The third kappa shape index (κ3) is 3.70. The van der Waals surface area contributed by atoms with Crippen molar-refractivity contribution in [1.29, 1.82) is 5.26 Å². The van der Waals surface area contributed by atoms with Crippen molar-refractivity contribution in [3.8, 4) is 6.07 Å². The first-order valence-electron chi connectivity index (χ1n) is 10.0. The van der Waals surface area contributed by atoms with E-state index >= 15 is 0 Å². The van der Waals surface area contributed by atoms with Crippen LogP contribution in [-0.4, -0.2) is 46.3 Å². The lowest BCUT2D eigenvalue weighted by Crippen LogP contribution is -2.35. The summed E-state index contributed by atoms with van der Waals surface area (Å²) in [5, 5.41) is 17.3. The Balaban J connectivity index is 1.56. The van der Waals surface area contributed by atoms with Crippen molar-refractivity contribution < 1.29 is 0 Å². The SMILES string of the molecule is Cc1cc(N2CCCC(c3[nH]ncc3CN3CCCC3)C2)c(C#N)c(C)n1. The fourth-order valence-electron chi connectivity index (χ4n) is 4.61. The highest BCUT2D eigenvalue weighted by atomic mass is 15.2. The van der Waals surface area contributed by atoms with Crippen molar-refractivity contribution in [2.75, 3.05) is 31.1 Å². The highest BCUT2D eigenvalue weighted by Crippen LogP contribution is 2.33. The summed E-state index contributed by atoms with van der Waals surface area (Å²) in [6.07, 6.45) is 6.91. The number of aromatic nitrogens is 3. The fourth-order valence-corrected chi connectivity index (χ4v) is 4.61. The van der Waals surface area contributed by atoms with Gasteiger partial charge in [0.2, 0.25) is 0 Å². The average Bonchev–Trinajstić information content (AvgIpc) is 3.34. The molecule has 4 heterocycles. The van der Waals surface area contributed by atoms with Gasteiger partial charge >= 0.3 is 0 Å². The molecule has 0 aromatic carbocycles. The zero-order chi connectivity index (χ0) is 18.8. The quantitative estimate of drug-likeness (QED) is 0.901. The number of nitrogens with one attached hydrogen (secondary N) is 1. The van der Waals surface area contributed by atoms with Gasteiger partial charge in [0, 0.05) is 42.5 Å². The van der Waals surface area contributed by atoms with Crippen molar-refractivity contribution in [2.24, 2.45) is 0 Å². The first-order valence-corrected chi connectivity index (χ1v) is 10.0. The molecule has 142 valence electrons. The van der Waals surface area contributed by atoms with Crippen molar-refractivity contribution in [3.63, 3.8) is 0 Å². The minimum absolute atomic E-state index is 0.430. The number of aromatic amines is 1. The van der Waals surface area contributed by atoms with Crippen molar-refractivity contribution in [1.82, 2.24) is 20.1 Å². The number of H-pyrrole nitrogens is 1. The van der Waals surface area contributed by atoms with E-state index < -0.39 is 0 Å². The van der Waals surface area contributed by atoms with Gasteiger partial charge in [0.1, 0.15) is 6.07 Å². The summed E-state index contributed by atoms with van der Waals surface area (Å²) >= 11 is 0. The molecular formula is C21H28N6. The lowest BCUT2D eigenvalue weighted by molar-refractivity contribution is 0.329. The van der Waals surface area contributed by atoms with Crippen LogP contribution in [0.5, 0.6) is 0 Å². The summed E-state index contributed by atoms with van der Waals surface area (Å²) in [4.78, 5) is 9.37. The first kappa shape index (κ1) is 18.0. The summed E-state index contributed by atoms with van der Waals surface area (Å²) in [6, 6.07) is 4.43. The first-order chi connectivity index (χ1) is 13.2. The van der Waals surface area contributed by atoms with Crippen LogP contribution in [0.25, 0.3) is 0 Å². The second-order valence-corrected chi connectivity index (χ2v) is 7.93. The largest absolute Gasteiger partial charge is 0.370 e. The molecule has 2 aliphatic heterocycles. The van der Waals surface area contributed by atoms with Crippen molar-refractivity contribution in [2.45, 2.75) is 52.0 Å². The molecule has 1 unspecified atom stereocenters. The Bertz CT molecular complexity index is 843. The van der Waals surface area contributed by atoms with Gasteiger partial charge in [-0.2, -0.15) is 10.4 Å². The molecule has 2 saturated heterocycles. The Hall–Kier alpha value is -2.39. The molecule has 6 heteroatoms. The average molecular weight is 364 g/mol. The molecule has 2 fully saturated rings. The van der Waals surface area contributed by atoms with Crippen LogP contribution in [0.15, 0.2) is 12.3 Å². The molecule has 0 saturated carbocycles. The Morgan fingerprint density at radius 2 is 2.04 bits per heavy atom. The fraction of sp³-hybridized carbons (Fsp3) is 0.571. The number of nitriles is 1. The third-order valence-electron chi connectivity index (χ3n) is 5.93. The van der Waals surface area contributed by atoms with Crippen LogP contribution in [0.4, 0.5) is 5.69 Å². The second-order valence-electron chi connectivity index (χ2n) is 7.93. The molecule has 2 aromatic heterocycles. The van der Waals surface area contributed by atoms with Gasteiger partial charge in [-0.25, -0.2) is 0 Å². The summed E-state index contributed by atoms with van der Waals surface area (Å²) < 4.78 is 0. The van der Waals surface area contributed by atoms with Crippen molar-refractivity contribution in [3.05, 3.63) is 40.5 Å². The number of anilines is 1. The van der Waals surface area contributed by atoms with Gasteiger partial charge in [0.05, 0.1) is 23.1 Å². The molecule has 1 N–H and O–H groups in total. The highest BCUT2D eigenvalue weighted by molar-refractivity contribution is 5.62. The number of nitrogens with zero attached hydrogens (tertiary/aromatic N) is 5. The minimum Gasteiger partial charge on any atom is -0.370 e. The summed E-state index contributed by atoms with van der Waals surface area (Å²) in [5.41, 5.74) is 6.17. The number of piperidine rings is 1. The van der Waals surface area contributed by atoms with Crippen LogP contribution >= 0.6 is 0 Å². The van der Waals surface area contributed by atoms with E-state index in [0.717, 1.165) is 49.6 Å². The lowest BCUT2D eigenvalue weighted by atomic mass is 9.91. The van der Waals surface area contributed by atoms with E-state index in [-0.39, 0.29) is 0 Å². The number of aryl methyl sites for hydroxylation is 2. The Morgan fingerprint density at radius 1 is 1.22 bits per heavy atom. The third-order valence-corrected chi connectivity index (χ3v) is 5.93. The summed E-state index contributed by atoms with van der Waals surface area (Å²) in [7, 11) is 0. The topological polar surface area (TPSA) is 71.8 Å². The summed E-state index contributed by atoms with van der Waals surface area (Å²) in [5.74, 6) is 0.430. The van der Waals surface area contributed by atoms with E-state index in [0.29, 0.717) is 11.5 Å². The zero-order valence-electron chi connectivity index (χ0n) is 16.3. The lowest BCUT2D eigenvalue weighted by Gasteiger charge is -2.35. The molecule has 0 spiro atoms. The van der Waals surface area contributed by atoms with E-state index in [4.69, 9.17) is 0 Å². The smallest absolute Gasteiger partial charge is 0.103 e.